The molecule has 0 aromatic heterocycles. The van der Waals surface area contributed by atoms with Crippen LogP contribution in [0.2, 0.25) is 0 Å². The average Bonchev–Trinajstić information content (AvgIpc) is 2.53. The smallest absolute Gasteiger partial charge is 0.0599 e. The summed E-state index contributed by atoms with van der Waals surface area (Å²) in [6.07, 6.45) is 6.55. The molecule has 1 aliphatic heterocycles. The quantitative estimate of drug-likeness (QED) is 0.661. The Bertz CT molecular complexity index is 195. The summed E-state index contributed by atoms with van der Waals surface area (Å²) in [6, 6.07) is 0. The normalized spacial score (nSPS) is 26.7. The molecule has 2 nitrogen and oxygen atoms in total. The van der Waals surface area contributed by atoms with Gasteiger partial charge in [-0.25, -0.2) is 0 Å². The Morgan fingerprint density at radius 1 is 1.50 bits per heavy atom. The van der Waals surface area contributed by atoms with Crippen molar-refractivity contribution in [3.63, 3.8) is 0 Å². The number of terminal acetylenes is 1. The molecule has 2 atom stereocenters. The molecule has 0 aliphatic carbocycles. The second-order valence-corrected chi connectivity index (χ2v) is 4.33. The summed E-state index contributed by atoms with van der Waals surface area (Å²) in [6.45, 7) is 9.95. The maximum Gasteiger partial charge on any atom is 0.0599 e. The molecular formula is C12H22N2. The highest BCUT2D eigenvalue weighted by Crippen LogP contribution is 2.16. The zero-order chi connectivity index (χ0) is 10.4. The lowest BCUT2D eigenvalue weighted by Crippen LogP contribution is -2.33. The Balaban J connectivity index is 2.34. The summed E-state index contributed by atoms with van der Waals surface area (Å²) in [5, 5.41) is 3.43. The van der Waals surface area contributed by atoms with Gasteiger partial charge in [-0.2, -0.15) is 0 Å². The van der Waals surface area contributed by atoms with Gasteiger partial charge in [0.25, 0.3) is 0 Å². The van der Waals surface area contributed by atoms with E-state index in [2.05, 4.69) is 30.0 Å². The highest BCUT2D eigenvalue weighted by atomic mass is 15.1. The van der Waals surface area contributed by atoms with Gasteiger partial charge in [0.1, 0.15) is 0 Å². The Morgan fingerprint density at radius 3 is 2.79 bits per heavy atom. The van der Waals surface area contributed by atoms with Crippen molar-refractivity contribution in [3.05, 3.63) is 0 Å². The molecule has 1 rings (SSSR count). The van der Waals surface area contributed by atoms with Crippen molar-refractivity contribution in [1.82, 2.24) is 10.2 Å². The fourth-order valence-electron chi connectivity index (χ4n) is 2.12. The highest BCUT2D eigenvalue weighted by Gasteiger charge is 2.24. The van der Waals surface area contributed by atoms with Crippen LogP contribution in [0, 0.1) is 24.2 Å². The molecule has 0 aromatic carbocycles. The van der Waals surface area contributed by atoms with Gasteiger partial charge in [-0.1, -0.05) is 19.8 Å². The van der Waals surface area contributed by atoms with E-state index in [-0.39, 0.29) is 0 Å². The largest absolute Gasteiger partial charge is 0.316 e. The molecular weight excluding hydrogens is 172 g/mol. The van der Waals surface area contributed by atoms with Crippen LogP contribution < -0.4 is 5.32 Å². The SMILES string of the molecule is C#CCN(CCC)C[C@@H]1CNC[C@H]1C. The molecule has 0 bridgehead atoms. The molecule has 80 valence electrons. The minimum absolute atomic E-state index is 0.787. The summed E-state index contributed by atoms with van der Waals surface area (Å²) < 4.78 is 0. The van der Waals surface area contributed by atoms with Crippen LogP contribution in [-0.2, 0) is 0 Å². The third-order valence-corrected chi connectivity index (χ3v) is 3.03. The number of hydrogen-bond acceptors (Lipinski definition) is 2. The first-order valence-corrected chi connectivity index (χ1v) is 5.64. The van der Waals surface area contributed by atoms with Crippen LogP contribution in [0.25, 0.3) is 0 Å². The average molecular weight is 194 g/mol. The maximum atomic E-state index is 5.36. The van der Waals surface area contributed by atoms with Crippen molar-refractivity contribution < 1.29 is 0 Å². The maximum absolute atomic E-state index is 5.36. The van der Waals surface area contributed by atoms with Gasteiger partial charge in [-0.15, -0.1) is 6.42 Å². The number of nitrogens with zero attached hydrogens (tertiary/aromatic N) is 1. The van der Waals surface area contributed by atoms with E-state index < -0.39 is 0 Å². The molecule has 1 N–H and O–H groups in total. The van der Waals surface area contributed by atoms with E-state index in [9.17, 15) is 0 Å². The molecule has 2 heteroatoms. The molecule has 14 heavy (non-hydrogen) atoms. The van der Waals surface area contributed by atoms with E-state index in [4.69, 9.17) is 6.42 Å². The van der Waals surface area contributed by atoms with Gasteiger partial charge in [0.2, 0.25) is 0 Å². The molecule has 1 fully saturated rings. The van der Waals surface area contributed by atoms with Crippen molar-refractivity contribution in [1.29, 1.82) is 0 Å². The molecule has 0 amide bonds. The minimum Gasteiger partial charge on any atom is -0.316 e. The Morgan fingerprint density at radius 2 is 2.29 bits per heavy atom. The zero-order valence-corrected chi connectivity index (χ0v) is 9.42. The van der Waals surface area contributed by atoms with Gasteiger partial charge in [-0.3, -0.25) is 4.90 Å². The molecule has 0 radical (unpaired) electrons. The zero-order valence-electron chi connectivity index (χ0n) is 9.42. The standard InChI is InChI=1S/C12H22N2/c1-4-6-14(7-5-2)10-12-9-13-8-11(12)3/h1,11-13H,5-10H2,2-3H3/t11-,12+/m1/s1. The molecule has 1 heterocycles. The lowest BCUT2D eigenvalue weighted by molar-refractivity contribution is 0.241. The number of rotatable bonds is 5. The highest BCUT2D eigenvalue weighted by molar-refractivity contribution is 4.90. The van der Waals surface area contributed by atoms with E-state index in [1.165, 1.54) is 13.0 Å². The van der Waals surface area contributed by atoms with Gasteiger partial charge in [0.05, 0.1) is 6.54 Å². The summed E-state index contributed by atoms with van der Waals surface area (Å²) >= 11 is 0. The summed E-state index contributed by atoms with van der Waals surface area (Å²) in [4.78, 5) is 2.40. The topological polar surface area (TPSA) is 15.3 Å². The number of hydrogen-bond donors (Lipinski definition) is 1. The van der Waals surface area contributed by atoms with Gasteiger partial charge < -0.3 is 5.32 Å². The van der Waals surface area contributed by atoms with Crippen LogP contribution in [0.4, 0.5) is 0 Å². The Hall–Kier alpha value is -0.520. The molecule has 1 aliphatic rings. The van der Waals surface area contributed by atoms with Crippen molar-refractivity contribution in [2.75, 3.05) is 32.7 Å². The Labute approximate surface area is 88.1 Å². The fourth-order valence-corrected chi connectivity index (χ4v) is 2.12. The number of nitrogens with one attached hydrogen (secondary N) is 1. The molecule has 0 unspecified atom stereocenters. The monoisotopic (exact) mass is 194 g/mol. The lowest BCUT2D eigenvalue weighted by atomic mass is 9.97. The van der Waals surface area contributed by atoms with Gasteiger partial charge in [0.15, 0.2) is 0 Å². The van der Waals surface area contributed by atoms with Crippen LogP contribution in [0.5, 0.6) is 0 Å². The lowest BCUT2D eigenvalue weighted by Gasteiger charge is -2.24. The van der Waals surface area contributed by atoms with Crippen LogP contribution >= 0.6 is 0 Å². The fraction of sp³-hybridized carbons (Fsp3) is 0.833. The van der Waals surface area contributed by atoms with E-state index in [0.717, 1.165) is 38.0 Å². The van der Waals surface area contributed by atoms with Crippen LogP contribution in [-0.4, -0.2) is 37.6 Å². The third kappa shape index (κ3) is 3.32. The summed E-state index contributed by atoms with van der Waals surface area (Å²) in [5.41, 5.74) is 0. The second kappa shape index (κ2) is 6.06. The van der Waals surface area contributed by atoms with E-state index in [0.29, 0.717) is 0 Å². The van der Waals surface area contributed by atoms with Gasteiger partial charge in [0, 0.05) is 6.54 Å². The Kier molecular flexibility index (Phi) is 5.00. The predicted molar refractivity (Wildman–Crippen MR) is 61.1 cm³/mol. The third-order valence-electron chi connectivity index (χ3n) is 3.03. The van der Waals surface area contributed by atoms with Crippen LogP contribution in [0.3, 0.4) is 0 Å². The second-order valence-electron chi connectivity index (χ2n) is 4.33. The van der Waals surface area contributed by atoms with Crippen molar-refractivity contribution in [3.8, 4) is 12.3 Å². The van der Waals surface area contributed by atoms with Crippen molar-refractivity contribution in [2.45, 2.75) is 20.3 Å². The molecule has 0 aromatic rings. The predicted octanol–water partition coefficient (Wildman–Crippen LogP) is 1.19. The van der Waals surface area contributed by atoms with E-state index in [1.54, 1.807) is 0 Å². The minimum atomic E-state index is 0.787. The van der Waals surface area contributed by atoms with E-state index >= 15 is 0 Å². The van der Waals surface area contributed by atoms with Crippen LogP contribution in [0.1, 0.15) is 20.3 Å². The van der Waals surface area contributed by atoms with Crippen molar-refractivity contribution in [2.24, 2.45) is 11.8 Å². The molecule has 1 saturated heterocycles. The first-order chi connectivity index (χ1) is 6.77. The van der Waals surface area contributed by atoms with Gasteiger partial charge in [-0.05, 0) is 37.9 Å². The molecule has 0 saturated carbocycles. The summed E-state index contributed by atoms with van der Waals surface area (Å²) in [5.74, 6) is 4.33. The van der Waals surface area contributed by atoms with E-state index in [1.807, 2.05) is 0 Å². The molecule has 0 spiro atoms. The van der Waals surface area contributed by atoms with Crippen LogP contribution in [0.15, 0.2) is 0 Å². The first kappa shape index (κ1) is 11.6. The first-order valence-electron chi connectivity index (χ1n) is 5.64. The van der Waals surface area contributed by atoms with Crippen molar-refractivity contribution >= 4 is 0 Å². The summed E-state index contributed by atoms with van der Waals surface area (Å²) in [7, 11) is 0. The van der Waals surface area contributed by atoms with Gasteiger partial charge >= 0.3 is 0 Å².